The molecule has 0 heterocycles. The molecule has 1 N–H and O–H groups in total. The van der Waals surface area contributed by atoms with Crippen molar-refractivity contribution < 1.29 is 23.0 Å². The summed E-state index contributed by atoms with van der Waals surface area (Å²) >= 11 is 3.30. The lowest BCUT2D eigenvalue weighted by molar-refractivity contribution is -0.0498. The zero-order valence-corrected chi connectivity index (χ0v) is 13.1. The van der Waals surface area contributed by atoms with Crippen molar-refractivity contribution >= 4 is 27.5 Å². The Hall–Kier alpha value is -2.15. The van der Waals surface area contributed by atoms with Gasteiger partial charge in [-0.05, 0) is 58.4 Å². The molecule has 22 heavy (non-hydrogen) atoms. The van der Waals surface area contributed by atoms with Crippen LogP contribution in [0.5, 0.6) is 11.5 Å². The number of methoxy groups -OCH3 is 1. The molecule has 0 aliphatic carbocycles. The number of hydrogen-bond acceptors (Lipinski definition) is 3. The van der Waals surface area contributed by atoms with E-state index in [4.69, 9.17) is 4.74 Å². The van der Waals surface area contributed by atoms with Crippen LogP contribution in [0.15, 0.2) is 46.9 Å². The number of carbonyl (C=O) groups excluding carboxylic acids is 1. The minimum Gasteiger partial charge on any atom is -0.496 e. The largest absolute Gasteiger partial charge is 0.496 e. The molecule has 2 rings (SSSR count). The number of rotatable bonds is 5. The first-order valence-corrected chi connectivity index (χ1v) is 6.98. The summed E-state index contributed by atoms with van der Waals surface area (Å²) in [4.78, 5) is 12.1. The highest BCUT2D eigenvalue weighted by Crippen LogP contribution is 2.26. The van der Waals surface area contributed by atoms with E-state index < -0.39 is 6.61 Å². The van der Waals surface area contributed by atoms with Gasteiger partial charge >= 0.3 is 6.61 Å². The summed E-state index contributed by atoms with van der Waals surface area (Å²) in [6, 6.07) is 10.6. The van der Waals surface area contributed by atoms with Crippen molar-refractivity contribution in [2.24, 2.45) is 0 Å². The number of alkyl halides is 2. The zero-order chi connectivity index (χ0) is 16.1. The molecule has 2 aromatic carbocycles. The fraction of sp³-hybridized carbons (Fsp3) is 0.133. The summed E-state index contributed by atoms with van der Waals surface area (Å²) in [5.74, 6) is 0.316. The summed E-state index contributed by atoms with van der Waals surface area (Å²) in [5.41, 5.74) is 0.902. The van der Waals surface area contributed by atoms with Gasteiger partial charge in [-0.25, -0.2) is 0 Å². The molecule has 1 amide bonds. The lowest BCUT2D eigenvalue weighted by atomic mass is 10.2. The predicted molar refractivity (Wildman–Crippen MR) is 81.7 cm³/mol. The Morgan fingerprint density at radius 3 is 2.41 bits per heavy atom. The second kappa shape index (κ2) is 7.22. The lowest BCUT2D eigenvalue weighted by Crippen LogP contribution is -2.12. The number of nitrogens with one attached hydrogen (secondary N) is 1. The molecular formula is C15H12BrF2NO3. The van der Waals surface area contributed by atoms with E-state index in [0.29, 0.717) is 21.5 Å². The standard InChI is InChI=1S/C15H12BrF2NO3/c1-21-13-7-2-9(8-12(13)16)14(20)19-10-3-5-11(6-4-10)22-15(17)18/h2-8,15H,1H3,(H,19,20). The highest BCUT2D eigenvalue weighted by Gasteiger charge is 2.10. The van der Waals surface area contributed by atoms with Gasteiger partial charge in [-0.1, -0.05) is 0 Å². The molecule has 0 bridgehead atoms. The van der Waals surface area contributed by atoms with Crippen molar-refractivity contribution in [2.75, 3.05) is 12.4 Å². The van der Waals surface area contributed by atoms with E-state index in [9.17, 15) is 13.6 Å². The van der Waals surface area contributed by atoms with Gasteiger partial charge in [-0.15, -0.1) is 0 Å². The number of halogens is 3. The van der Waals surface area contributed by atoms with Crippen molar-refractivity contribution in [2.45, 2.75) is 6.61 Å². The van der Waals surface area contributed by atoms with Gasteiger partial charge in [-0.3, -0.25) is 4.79 Å². The Labute approximate surface area is 134 Å². The Kier molecular flexibility index (Phi) is 5.32. The van der Waals surface area contributed by atoms with E-state index >= 15 is 0 Å². The van der Waals surface area contributed by atoms with E-state index in [2.05, 4.69) is 26.0 Å². The monoisotopic (exact) mass is 371 g/mol. The molecule has 0 aliphatic heterocycles. The first-order chi connectivity index (χ1) is 10.5. The average molecular weight is 372 g/mol. The van der Waals surface area contributed by atoms with E-state index in [1.54, 1.807) is 18.2 Å². The van der Waals surface area contributed by atoms with Crippen molar-refractivity contribution in [3.8, 4) is 11.5 Å². The van der Waals surface area contributed by atoms with Gasteiger partial charge in [0.25, 0.3) is 5.91 Å². The fourth-order valence-electron chi connectivity index (χ4n) is 1.73. The predicted octanol–water partition coefficient (Wildman–Crippen LogP) is 4.31. The lowest BCUT2D eigenvalue weighted by Gasteiger charge is -2.09. The number of ether oxygens (including phenoxy) is 2. The molecule has 116 valence electrons. The summed E-state index contributed by atoms with van der Waals surface area (Å²) < 4.78 is 34.1. The van der Waals surface area contributed by atoms with Crippen LogP contribution >= 0.6 is 15.9 Å². The molecule has 7 heteroatoms. The van der Waals surface area contributed by atoms with Crippen molar-refractivity contribution in [1.29, 1.82) is 0 Å². The molecule has 0 radical (unpaired) electrons. The van der Waals surface area contributed by atoms with Crippen LogP contribution in [0.3, 0.4) is 0 Å². The van der Waals surface area contributed by atoms with Gasteiger partial charge in [0, 0.05) is 11.3 Å². The van der Waals surface area contributed by atoms with Crippen molar-refractivity contribution in [3.05, 3.63) is 52.5 Å². The molecule has 0 saturated carbocycles. The van der Waals surface area contributed by atoms with E-state index in [0.717, 1.165) is 0 Å². The molecule has 0 aromatic heterocycles. The number of hydrogen-bond donors (Lipinski definition) is 1. The van der Waals surface area contributed by atoms with E-state index in [1.807, 2.05) is 0 Å². The molecule has 0 unspecified atom stereocenters. The highest BCUT2D eigenvalue weighted by molar-refractivity contribution is 9.10. The molecule has 0 saturated heterocycles. The Morgan fingerprint density at radius 1 is 1.18 bits per heavy atom. The maximum atomic E-state index is 12.1. The van der Waals surface area contributed by atoms with Gasteiger partial charge in [0.05, 0.1) is 11.6 Å². The molecule has 0 aliphatic rings. The summed E-state index contributed by atoms with van der Waals surface area (Å²) in [6.07, 6.45) is 0. The van der Waals surface area contributed by atoms with Crippen LogP contribution in [-0.4, -0.2) is 19.6 Å². The average Bonchev–Trinajstić information content (AvgIpc) is 2.48. The minimum absolute atomic E-state index is 0.0280. The van der Waals surface area contributed by atoms with Crippen LogP contribution in [0.2, 0.25) is 0 Å². The molecular weight excluding hydrogens is 360 g/mol. The summed E-state index contributed by atoms with van der Waals surface area (Å²) in [6.45, 7) is -2.88. The summed E-state index contributed by atoms with van der Waals surface area (Å²) in [7, 11) is 1.53. The van der Waals surface area contributed by atoms with Crippen LogP contribution in [-0.2, 0) is 0 Å². The highest BCUT2D eigenvalue weighted by atomic mass is 79.9. The van der Waals surface area contributed by atoms with Gasteiger partial charge in [0.1, 0.15) is 11.5 Å². The van der Waals surface area contributed by atoms with E-state index in [-0.39, 0.29) is 11.7 Å². The number of benzene rings is 2. The zero-order valence-electron chi connectivity index (χ0n) is 11.5. The first-order valence-electron chi connectivity index (χ1n) is 6.19. The van der Waals surface area contributed by atoms with Crippen LogP contribution in [0.4, 0.5) is 14.5 Å². The third-order valence-electron chi connectivity index (χ3n) is 2.75. The minimum atomic E-state index is -2.88. The maximum Gasteiger partial charge on any atom is 0.387 e. The maximum absolute atomic E-state index is 12.1. The fourth-order valence-corrected chi connectivity index (χ4v) is 2.27. The number of anilines is 1. The molecule has 0 atom stereocenters. The topological polar surface area (TPSA) is 47.6 Å². The van der Waals surface area contributed by atoms with Crippen LogP contribution in [0, 0.1) is 0 Å². The van der Waals surface area contributed by atoms with Gasteiger partial charge in [-0.2, -0.15) is 8.78 Å². The third kappa shape index (κ3) is 4.17. The molecule has 2 aromatic rings. The van der Waals surface area contributed by atoms with Gasteiger partial charge in [0.2, 0.25) is 0 Å². The Morgan fingerprint density at radius 2 is 1.86 bits per heavy atom. The van der Waals surface area contributed by atoms with Crippen LogP contribution < -0.4 is 14.8 Å². The summed E-state index contributed by atoms with van der Waals surface area (Å²) in [5, 5.41) is 2.66. The Bertz CT molecular complexity index is 662. The molecule has 0 fully saturated rings. The number of amides is 1. The van der Waals surface area contributed by atoms with Crippen molar-refractivity contribution in [1.82, 2.24) is 0 Å². The van der Waals surface area contributed by atoms with Crippen LogP contribution in [0.25, 0.3) is 0 Å². The van der Waals surface area contributed by atoms with Crippen LogP contribution in [0.1, 0.15) is 10.4 Å². The normalized spacial score (nSPS) is 10.4. The third-order valence-corrected chi connectivity index (χ3v) is 3.37. The van der Waals surface area contributed by atoms with Gasteiger partial charge < -0.3 is 14.8 Å². The second-order valence-electron chi connectivity index (χ2n) is 4.21. The molecule has 0 spiro atoms. The molecule has 4 nitrogen and oxygen atoms in total. The Balaban J connectivity index is 2.06. The number of carbonyl (C=O) groups is 1. The smallest absolute Gasteiger partial charge is 0.387 e. The first kappa shape index (κ1) is 16.2. The van der Waals surface area contributed by atoms with E-state index in [1.165, 1.54) is 31.4 Å². The van der Waals surface area contributed by atoms with Gasteiger partial charge in [0.15, 0.2) is 0 Å². The second-order valence-corrected chi connectivity index (χ2v) is 5.06. The quantitative estimate of drug-likeness (QED) is 0.851. The SMILES string of the molecule is COc1ccc(C(=O)Nc2ccc(OC(F)F)cc2)cc1Br. The van der Waals surface area contributed by atoms with Crippen molar-refractivity contribution in [3.63, 3.8) is 0 Å².